The summed E-state index contributed by atoms with van der Waals surface area (Å²) in [4.78, 5) is 62.2. The SMILES string of the molecule is COC(=O)N[C@@H](CCCCC/C=C\[C@@H]1C[C@@H]1C(=O)NS(=O)(=O)C1CC1)C(=O)N1C[C@H](Oc2nc(-c3ccc(Cl)cc3Cl)nc3c2oc2ccccc23)C[C@H]1C(N)=O. The molecule has 4 amide bonds. The summed E-state index contributed by atoms with van der Waals surface area (Å²) in [6.07, 6.45) is 7.29. The molecule has 57 heavy (non-hydrogen) atoms. The van der Waals surface area contributed by atoms with E-state index in [4.69, 9.17) is 47.8 Å². The Morgan fingerprint density at radius 2 is 1.86 bits per heavy atom. The van der Waals surface area contributed by atoms with Crippen LogP contribution in [-0.4, -0.2) is 84.2 Å². The standard InChI is InChI=1S/C39H42Cl2N6O9S/c1-54-39(51)43-29(11-6-4-2-3-5-9-21-17-27(21)36(49)46-57(52,53)24-14-15-24)38(50)47-20-23(19-30(47)34(42)48)55-37-33-32(26-10-7-8-12-31(26)56-33)44-35(45-37)25-16-13-22(40)18-28(25)41/h5,7-10,12-13,16,18,21,23-24,27,29-30H,2-4,6,11,14-15,17,19-20H2,1H3,(H2,42,48)(H,43,51)(H,46,49)/b9-5-/t21-,23-,27+,29+,30+/m1/s1. The summed E-state index contributed by atoms with van der Waals surface area (Å²) in [5, 5.41) is 3.65. The number of fused-ring (bicyclic) bond motifs is 3. The number of nitrogens with zero attached hydrogens (tertiary/aromatic N) is 3. The van der Waals surface area contributed by atoms with E-state index in [0.717, 1.165) is 24.6 Å². The largest absolute Gasteiger partial charge is 0.470 e. The summed E-state index contributed by atoms with van der Waals surface area (Å²) in [6, 6.07) is 10.2. The molecule has 5 atom stereocenters. The molecule has 302 valence electrons. The highest BCUT2D eigenvalue weighted by molar-refractivity contribution is 7.90. The average molecular weight is 842 g/mol. The van der Waals surface area contributed by atoms with Crippen molar-refractivity contribution < 1.29 is 41.5 Å². The molecule has 3 heterocycles. The van der Waals surface area contributed by atoms with Gasteiger partial charge in [0.25, 0.3) is 5.88 Å². The molecule has 2 saturated carbocycles. The second kappa shape index (κ2) is 16.9. The molecule has 0 radical (unpaired) electrons. The van der Waals surface area contributed by atoms with Crippen molar-refractivity contribution in [2.45, 2.75) is 81.2 Å². The summed E-state index contributed by atoms with van der Waals surface area (Å²) in [6.45, 7) is -0.0357. The minimum Gasteiger partial charge on any atom is -0.470 e. The molecule has 0 unspecified atom stereocenters. The van der Waals surface area contributed by atoms with Crippen molar-refractivity contribution in [3.05, 3.63) is 64.7 Å². The van der Waals surface area contributed by atoms with Crippen molar-refractivity contribution in [2.75, 3.05) is 13.7 Å². The first-order valence-electron chi connectivity index (χ1n) is 18.8. The van der Waals surface area contributed by atoms with E-state index in [1.807, 2.05) is 30.4 Å². The predicted octanol–water partition coefficient (Wildman–Crippen LogP) is 5.66. The maximum Gasteiger partial charge on any atom is 0.407 e. The second-order valence-corrected chi connectivity index (χ2v) is 17.4. The second-order valence-electron chi connectivity index (χ2n) is 14.6. The fourth-order valence-electron chi connectivity index (χ4n) is 7.11. The molecule has 4 N–H and O–H groups in total. The number of primary amides is 1. The number of likely N-dealkylation sites (tertiary alicyclic amines) is 1. The van der Waals surface area contributed by atoms with E-state index in [1.165, 1.54) is 12.0 Å². The van der Waals surface area contributed by atoms with Crippen LogP contribution in [0.2, 0.25) is 10.0 Å². The number of hydrogen-bond donors (Lipinski definition) is 3. The summed E-state index contributed by atoms with van der Waals surface area (Å²) >= 11 is 12.7. The monoisotopic (exact) mass is 840 g/mol. The molecule has 3 fully saturated rings. The third-order valence-electron chi connectivity index (χ3n) is 10.4. The van der Waals surface area contributed by atoms with Crippen LogP contribution >= 0.6 is 23.2 Å². The van der Waals surface area contributed by atoms with Crippen molar-refractivity contribution in [3.63, 3.8) is 0 Å². The molecule has 2 aliphatic carbocycles. The lowest BCUT2D eigenvalue weighted by molar-refractivity contribution is -0.139. The average Bonchev–Trinajstić information content (AvgIpc) is 4.10. The molecule has 4 aromatic rings. The number of carbonyl (C=O) groups is 4. The summed E-state index contributed by atoms with van der Waals surface area (Å²) in [5.74, 6) is -1.66. The van der Waals surface area contributed by atoms with Crippen molar-refractivity contribution in [1.82, 2.24) is 24.9 Å². The number of amides is 4. The normalized spacial score (nSPS) is 21.1. The van der Waals surface area contributed by atoms with Crippen LogP contribution in [-0.2, 0) is 29.1 Å². The Morgan fingerprint density at radius 3 is 2.60 bits per heavy atom. The Morgan fingerprint density at radius 1 is 1.07 bits per heavy atom. The molecule has 0 spiro atoms. The lowest BCUT2D eigenvalue weighted by Crippen LogP contribution is -2.53. The van der Waals surface area contributed by atoms with E-state index in [1.54, 1.807) is 24.3 Å². The van der Waals surface area contributed by atoms with E-state index in [-0.39, 0.29) is 48.5 Å². The number of halogens is 2. The van der Waals surface area contributed by atoms with Gasteiger partial charge >= 0.3 is 6.09 Å². The van der Waals surface area contributed by atoms with Crippen LogP contribution < -0.4 is 20.5 Å². The van der Waals surface area contributed by atoms with Gasteiger partial charge in [-0.1, -0.05) is 60.3 Å². The third-order valence-corrected chi connectivity index (χ3v) is 12.8. The van der Waals surface area contributed by atoms with Crippen molar-refractivity contribution in [2.24, 2.45) is 17.6 Å². The smallest absolute Gasteiger partial charge is 0.407 e. The van der Waals surface area contributed by atoms with Crippen LogP contribution in [0, 0.1) is 11.8 Å². The van der Waals surface area contributed by atoms with Gasteiger partial charge in [-0.15, -0.1) is 0 Å². The van der Waals surface area contributed by atoms with E-state index < -0.39 is 57.3 Å². The van der Waals surface area contributed by atoms with Gasteiger partial charge < -0.3 is 29.8 Å². The maximum absolute atomic E-state index is 14.0. The number of ether oxygens (including phenoxy) is 2. The van der Waals surface area contributed by atoms with E-state index in [9.17, 15) is 27.6 Å². The Hall–Kier alpha value is -4.93. The lowest BCUT2D eigenvalue weighted by Gasteiger charge is -2.27. The van der Waals surface area contributed by atoms with Crippen LogP contribution in [0.5, 0.6) is 5.88 Å². The Kier molecular flexibility index (Phi) is 11.9. The number of carbonyl (C=O) groups excluding carboxylic acids is 4. The van der Waals surface area contributed by atoms with E-state index in [0.29, 0.717) is 52.4 Å². The van der Waals surface area contributed by atoms with Crippen molar-refractivity contribution in [3.8, 4) is 17.3 Å². The third kappa shape index (κ3) is 9.29. The predicted molar refractivity (Wildman–Crippen MR) is 212 cm³/mol. The van der Waals surface area contributed by atoms with Crippen LogP contribution in [0.25, 0.3) is 33.5 Å². The van der Waals surface area contributed by atoms with Gasteiger partial charge in [-0.05, 0) is 74.8 Å². The maximum atomic E-state index is 14.0. The molecule has 18 heteroatoms. The van der Waals surface area contributed by atoms with Crippen molar-refractivity contribution in [1.29, 1.82) is 0 Å². The molecule has 1 aliphatic heterocycles. The van der Waals surface area contributed by atoms with Crippen LogP contribution in [0.15, 0.2) is 59.0 Å². The Labute approximate surface area is 338 Å². The zero-order valence-electron chi connectivity index (χ0n) is 31.0. The van der Waals surface area contributed by atoms with Crippen molar-refractivity contribution >= 4 is 79.1 Å². The number of allylic oxidation sites excluding steroid dienone is 2. The van der Waals surface area contributed by atoms with E-state index in [2.05, 4.69) is 15.0 Å². The number of methoxy groups -OCH3 is 1. The summed E-state index contributed by atoms with van der Waals surface area (Å²) < 4.78 is 43.7. The number of aromatic nitrogens is 2. The first-order valence-corrected chi connectivity index (χ1v) is 21.1. The van der Waals surface area contributed by atoms with Crippen LogP contribution in [0.1, 0.15) is 57.8 Å². The molecule has 3 aliphatic rings. The highest BCUT2D eigenvalue weighted by Gasteiger charge is 2.45. The first-order chi connectivity index (χ1) is 27.3. The highest BCUT2D eigenvalue weighted by Crippen LogP contribution is 2.41. The molecule has 2 aromatic heterocycles. The molecule has 2 aromatic carbocycles. The number of furan rings is 1. The van der Waals surface area contributed by atoms with Gasteiger partial charge in [-0.3, -0.25) is 19.1 Å². The zero-order chi connectivity index (χ0) is 40.4. The number of nitrogens with one attached hydrogen (secondary N) is 2. The van der Waals surface area contributed by atoms with Gasteiger partial charge in [0.2, 0.25) is 33.3 Å². The Bertz CT molecular complexity index is 2350. The van der Waals surface area contributed by atoms with Gasteiger partial charge in [0.1, 0.15) is 29.3 Å². The van der Waals surface area contributed by atoms with Gasteiger partial charge in [0, 0.05) is 28.3 Å². The zero-order valence-corrected chi connectivity index (χ0v) is 33.3. The van der Waals surface area contributed by atoms with Crippen LogP contribution in [0.3, 0.4) is 0 Å². The number of para-hydroxylation sites is 1. The number of hydrogen-bond acceptors (Lipinski definition) is 11. The molecule has 1 saturated heterocycles. The molecule has 7 rings (SSSR count). The summed E-state index contributed by atoms with van der Waals surface area (Å²) in [5.41, 5.74) is 7.62. The lowest BCUT2D eigenvalue weighted by atomic mass is 10.0. The fourth-order valence-corrected chi connectivity index (χ4v) is 8.96. The first kappa shape index (κ1) is 40.3. The van der Waals surface area contributed by atoms with Gasteiger partial charge in [-0.2, -0.15) is 4.98 Å². The highest BCUT2D eigenvalue weighted by atomic mass is 35.5. The number of nitrogens with two attached hydrogens (primary N) is 1. The number of alkyl carbamates (subject to hydrolysis) is 1. The Balaban J connectivity index is 0.992. The number of benzene rings is 2. The number of rotatable bonds is 16. The molecular weight excluding hydrogens is 799 g/mol. The number of sulfonamides is 1. The van der Waals surface area contributed by atoms with Gasteiger partial charge in [0.15, 0.2) is 5.82 Å². The minimum atomic E-state index is -3.55. The molecule has 0 bridgehead atoms. The topological polar surface area (TPSA) is 213 Å². The molecular formula is C39H42Cl2N6O9S. The van der Waals surface area contributed by atoms with Crippen LogP contribution in [0.4, 0.5) is 4.79 Å². The van der Waals surface area contributed by atoms with Gasteiger partial charge in [0.05, 0.1) is 23.9 Å². The summed E-state index contributed by atoms with van der Waals surface area (Å²) in [7, 11) is -2.36. The number of unbranched alkanes of at least 4 members (excludes halogenated alkanes) is 3. The quantitative estimate of drug-likeness (QED) is 0.0925. The van der Waals surface area contributed by atoms with E-state index >= 15 is 0 Å². The minimum absolute atomic E-state index is 0.0141. The fraction of sp³-hybridized carbons (Fsp3) is 0.436. The van der Waals surface area contributed by atoms with Gasteiger partial charge in [-0.25, -0.2) is 18.2 Å². The molecule has 15 nitrogen and oxygen atoms in total.